The van der Waals surface area contributed by atoms with E-state index in [2.05, 4.69) is 10.0 Å². The van der Waals surface area contributed by atoms with Gasteiger partial charge in [0, 0.05) is 17.4 Å². The predicted octanol–water partition coefficient (Wildman–Crippen LogP) is 4.15. The predicted molar refractivity (Wildman–Crippen MR) is 107 cm³/mol. The molecule has 2 N–H and O–H groups in total. The highest BCUT2D eigenvalue weighted by atomic mass is 32.2. The number of nitrogens with one attached hydrogen (secondary N) is 2. The third kappa shape index (κ3) is 4.38. The fraction of sp³-hybridized carbons (Fsp3) is 0.0526. The summed E-state index contributed by atoms with van der Waals surface area (Å²) >= 11 is 0. The summed E-state index contributed by atoms with van der Waals surface area (Å²) in [4.78, 5) is 10.6. The van der Waals surface area contributed by atoms with Gasteiger partial charge in [-0.05, 0) is 48.5 Å². The average Bonchev–Trinajstić information content (AvgIpc) is 2.69. The van der Waals surface area contributed by atoms with Gasteiger partial charge in [0.25, 0.3) is 15.7 Å². The summed E-state index contributed by atoms with van der Waals surface area (Å²) in [7, 11) is -2.50. The molecule has 0 unspecified atom stereocenters. The van der Waals surface area contributed by atoms with Crippen molar-refractivity contribution >= 4 is 32.8 Å². The number of para-hydroxylation sites is 1. The van der Waals surface area contributed by atoms with Crippen LogP contribution in [-0.2, 0) is 10.0 Å². The van der Waals surface area contributed by atoms with E-state index in [1.54, 1.807) is 36.4 Å². The van der Waals surface area contributed by atoms with Crippen LogP contribution < -0.4 is 14.8 Å². The summed E-state index contributed by atoms with van der Waals surface area (Å²) in [6.45, 7) is 0. The van der Waals surface area contributed by atoms with Crippen LogP contribution in [0.15, 0.2) is 77.7 Å². The molecule has 28 heavy (non-hydrogen) atoms. The maximum Gasteiger partial charge on any atom is 0.294 e. The van der Waals surface area contributed by atoms with Gasteiger partial charge in [-0.15, -0.1) is 0 Å². The van der Waals surface area contributed by atoms with Crippen LogP contribution >= 0.6 is 0 Å². The molecule has 0 heterocycles. The van der Waals surface area contributed by atoms with E-state index in [1.807, 2.05) is 6.07 Å². The molecule has 0 radical (unpaired) electrons. The molecule has 0 saturated carbocycles. The molecule has 0 amide bonds. The van der Waals surface area contributed by atoms with Gasteiger partial charge in [-0.2, -0.15) is 0 Å². The zero-order chi connectivity index (χ0) is 20.1. The molecule has 3 aromatic carbocycles. The van der Waals surface area contributed by atoms with Crippen LogP contribution in [0.4, 0.5) is 22.7 Å². The van der Waals surface area contributed by atoms with Gasteiger partial charge >= 0.3 is 0 Å². The van der Waals surface area contributed by atoms with Gasteiger partial charge in [0.1, 0.15) is 11.4 Å². The molecule has 3 aromatic rings. The number of anilines is 3. The molecule has 0 aliphatic rings. The zero-order valence-electron chi connectivity index (χ0n) is 14.8. The van der Waals surface area contributed by atoms with Gasteiger partial charge in [-0.25, -0.2) is 8.42 Å². The van der Waals surface area contributed by atoms with Crippen molar-refractivity contribution in [1.82, 2.24) is 0 Å². The topological polar surface area (TPSA) is 111 Å². The lowest BCUT2D eigenvalue weighted by molar-refractivity contribution is -0.384. The Bertz CT molecular complexity index is 1080. The number of nitro groups is 1. The second kappa shape index (κ2) is 7.97. The lowest BCUT2D eigenvalue weighted by Gasteiger charge is -2.11. The van der Waals surface area contributed by atoms with Crippen LogP contribution in [0.5, 0.6) is 5.75 Å². The molecule has 8 nitrogen and oxygen atoms in total. The summed E-state index contributed by atoms with van der Waals surface area (Å²) in [6.07, 6.45) is 0. The van der Waals surface area contributed by atoms with Crippen molar-refractivity contribution in [2.24, 2.45) is 0 Å². The molecule has 0 atom stereocenters. The van der Waals surface area contributed by atoms with Gasteiger partial charge in [-0.1, -0.05) is 18.2 Å². The summed E-state index contributed by atoms with van der Waals surface area (Å²) in [5.74, 6) is 0.579. The first kappa shape index (κ1) is 19.2. The largest absolute Gasteiger partial charge is 0.497 e. The van der Waals surface area contributed by atoms with Crippen LogP contribution in [0.25, 0.3) is 0 Å². The van der Waals surface area contributed by atoms with Crippen LogP contribution in [-0.4, -0.2) is 20.5 Å². The number of ether oxygens (including phenoxy) is 1. The van der Waals surface area contributed by atoms with Crippen LogP contribution in [0.1, 0.15) is 0 Å². The summed E-state index contributed by atoms with van der Waals surface area (Å²) < 4.78 is 32.7. The lowest BCUT2D eigenvalue weighted by atomic mass is 10.2. The molecule has 0 aromatic heterocycles. The normalized spacial score (nSPS) is 10.9. The van der Waals surface area contributed by atoms with Crippen molar-refractivity contribution in [3.63, 3.8) is 0 Å². The third-order valence-electron chi connectivity index (χ3n) is 3.87. The van der Waals surface area contributed by atoms with Crippen LogP contribution in [0, 0.1) is 10.1 Å². The first-order valence-electron chi connectivity index (χ1n) is 8.16. The van der Waals surface area contributed by atoms with Gasteiger partial charge < -0.3 is 10.1 Å². The van der Waals surface area contributed by atoms with Gasteiger partial charge in [-0.3, -0.25) is 14.8 Å². The number of rotatable bonds is 7. The average molecular weight is 399 g/mol. The van der Waals surface area contributed by atoms with E-state index in [0.717, 1.165) is 6.07 Å². The first-order chi connectivity index (χ1) is 13.4. The number of nitro benzene ring substituents is 1. The van der Waals surface area contributed by atoms with E-state index >= 15 is 0 Å². The maximum absolute atomic E-state index is 12.6. The highest BCUT2D eigenvalue weighted by molar-refractivity contribution is 7.92. The van der Waals surface area contributed by atoms with Crippen molar-refractivity contribution in [2.75, 3.05) is 17.1 Å². The van der Waals surface area contributed by atoms with E-state index < -0.39 is 14.9 Å². The molecule has 0 fully saturated rings. The Hall–Kier alpha value is -3.59. The molecular weight excluding hydrogens is 382 g/mol. The Kier molecular flexibility index (Phi) is 5.46. The summed E-state index contributed by atoms with van der Waals surface area (Å²) in [5, 5.41) is 14.4. The standard InChI is InChI=1S/C19H17N3O5S/c1-27-16-9-7-15(8-10-16)21-28(25,26)17-11-12-18(19(13-17)22(23)24)20-14-5-3-2-4-6-14/h2-13,20-21H,1H3. The van der Waals surface area contributed by atoms with Crippen LogP contribution in [0.3, 0.4) is 0 Å². The first-order valence-corrected chi connectivity index (χ1v) is 9.65. The molecule has 0 saturated heterocycles. The smallest absolute Gasteiger partial charge is 0.294 e. The maximum atomic E-state index is 12.6. The summed E-state index contributed by atoms with van der Waals surface area (Å²) in [6, 6.07) is 18.9. The second-order valence-electron chi connectivity index (χ2n) is 5.76. The fourth-order valence-corrected chi connectivity index (χ4v) is 3.56. The van der Waals surface area contributed by atoms with Crippen LogP contribution in [0.2, 0.25) is 0 Å². The molecule has 144 valence electrons. The van der Waals surface area contributed by atoms with Crippen molar-refractivity contribution < 1.29 is 18.1 Å². The Morgan fingerprint density at radius 2 is 1.61 bits per heavy atom. The van der Waals surface area contributed by atoms with E-state index in [-0.39, 0.29) is 16.3 Å². The molecule has 3 rings (SSSR count). The number of nitrogens with zero attached hydrogens (tertiary/aromatic N) is 1. The van der Waals surface area contributed by atoms with E-state index in [0.29, 0.717) is 17.1 Å². The Morgan fingerprint density at radius 1 is 0.929 bits per heavy atom. The Morgan fingerprint density at radius 3 is 2.21 bits per heavy atom. The van der Waals surface area contributed by atoms with Crippen molar-refractivity contribution in [3.05, 3.63) is 82.9 Å². The number of hydrogen-bond acceptors (Lipinski definition) is 6. The highest BCUT2D eigenvalue weighted by Gasteiger charge is 2.21. The minimum absolute atomic E-state index is 0.194. The number of hydrogen-bond donors (Lipinski definition) is 2. The van der Waals surface area contributed by atoms with Crippen molar-refractivity contribution in [3.8, 4) is 5.75 Å². The van der Waals surface area contributed by atoms with Crippen molar-refractivity contribution in [1.29, 1.82) is 0 Å². The number of methoxy groups -OCH3 is 1. The Balaban J connectivity index is 1.90. The zero-order valence-corrected chi connectivity index (χ0v) is 15.6. The summed E-state index contributed by atoms with van der Waals surface area (Å²) in [5.41, 5.74) is 0.813. The fourth-order valence-electron chi connectivity index (χ4n) is 2.49. The minimum Gasteiger partial charge on any atom is -0.497 e. The molecule has 9 heteroatoms. The molecule has 0 aliphatic heterocycles. The van der Waals surface area contributed by atoms with E-state index in [1.165, 1.54) is 31.4 Å². The molecule has 0 aliphatic carbocycles. The Labute approximate surface area is 162 Å². The van der Waals surface area contributed by atoms with Gasteiger partial charge in [0.15, 0.2) is 0 Å². The quantitative estimate of drug-likeness (QED) is 0.456. The molecular formula is C19H17N3O5S. The lowest BCUT2D eigenvalue weighted by Crippen LogP contribution is -2.13. The third-order valence-corrected chi connectivity index (χ3v) is 5.25. The monoisotopic (exact) mass is 399 g/mol. The number of sulfonamides is 1. The second-order valence-corrected chi connectivity index (χ2v) is 7.44. The minimum atomic E-state index is -4.00. The molecule has 0 bridgehead atoms. The molecule has 0 spiro atoms. The van der Waals surface area contributed by atoms with Gasteiger partial charge in [0.05, 0.1) is 16.9 Å². The van der Waals surface area contributed by atoms with Crippen molar-refractivity contribution in [2.45, 2.75) is 4.90 Å². The van der Waals surface area contributed by atoms with E-state index in [9.17, 15) is 18.5 Å². The number of benzene rings is 3. The highest BCUT2D eigenvalue weighted by Crippen LogP contribution is 2.31. The SMILES string of the molecule is COc1ccc(NS(=O)(=O)c2ccc(Nc3ccccc3)c([N+](=O)[O-])c2)cc1. The van der Waals surface area contributed by atoms with E-state index in [4.69, 9.17) is 4.74 Å². The van der Waals surface area contributed by atoms with Gasteiger partial charge in [0.2, 0.25) is 0 Å².